The van der Waals surface area contributed by atoms with Crippen molar-refractivity contribution in [3.05, 3.63) is 52.5 Å². The van der Waals surface area contributed by atoms with Crippen LogP contribution in [0.1, 0.15) is 110 Å². The first-order chi connectivity index (χ1) is 26.4. The third kappa shape index (κ3) is 12.3. The van der Waals surface area contributed by atoms with E-state index in [-0.39, 0.29) is 66.1 Å². The number of rotatable bonds is 22. The molecule has 0 saturated carbocycles. The monoisotopic (exact) mass is 797 g/mol. The van der Waals surface area contributed by atoms with Crippen molar-refractivity contribution in [3.63, 3.8) is 0 Å². The van der Waals surface area contributed by atoms with E-state index in [1.165, 1.54) is 0 Å². The Labute approximate surface area is 342 Å². The molecule has 0 radical (unpaired) electrons. The van der Waals surface area contributed by atoms with Crippen LogP contribution in [0, 0.1) is 29.1 Å². The number of amides is 2. The van der Waals surface area contributed by atoms with Gasteiger partial charge in [0.05, 0.1) is 41.8 Å². The molecule has 1 fully saturated rings. The molecule has 2 aromatic rings. The molecule has 9 atom stereocenters. The molecule has 0 N–H and O–H groups in total. The van der Waals surface area contributed by atoms with Crippen LogP contribution in [0.4, 0.5) is 0 Å². The van der Waals surface area contributed by atoms with E-state index < -0.39 is 35.5 Å². The molecule has 10 nitrogen and oxygen atoms in total. The van der Waals surface area contributed by atoms with Crippen LogP contribution in [0.2, 0.25) is 0 Å². The van der Waals surface area contributed by atoms with Gasteiger partial charge in [-0.05, 0) is 56.2 Å². The lowest BCUT2D eigenvalue weighted by Gasteiger charge is -2.42. The number of ketones is 2. The number of thiazole rings is 1. The predicted octanol–water partition coefficient (Wildman–Crippen LogP) is 7.56. The highest BCUT2D eigenvalue weighted by Crippen LogP contribution is 2.36. The van der Waals surface area contributed by atoms with Gasteiger partial charge < -0.3 is 19.3 Å². The fourth-order valence-corrected chi connectivity index (χ4v) is 9.68. The molecule has 3 rings (SSSR count). The topological polar surface area (TPSA) is 109 Å². The van der Waals surface area contributed by atoms with Gasteiger partial charge in [-0.2, -0.15) is 0 Å². The zero-order chi connectivity index (χ0) is 41.9. The Morgan fingerprint density at radius 3 is 2.12 bits per heavy atom. The molecule has 2 amide bonds. The lowest BCUT2D eigenvalue weighted by molar-refractivity contribution is -0.150. The Bertz CT molecular complexity index is 1520. The first kappa shape index (κ1) is 47.4. The van der Waals surface area contributed by atoms with Crippen LogP contribution in [-0.2, 0) is 35.1 Å². The maximum atomic E-state index is 14.5. The van der Waals surface area contributed by atoms with Crippen LogP contribution >= 0.6 is 11.3 Å². The van der Waals surface area contributed by atoms with Crippen LogP contribution in [0.3, 0.4) is 0 Å². The minimum absolute atomic E-state index is 0.0172. The molecule has 1 aliphatic heterocycles. The number of likely N-dealkylation sites (tertiary alicyclic amines) is 1. The van der Waals surface area contributed by atoms with E-state index in [9.17, 15) is 19.2 Å². The number of hydrogen-bond donors (Lipinski definition) is 0. The van der Waals surface area contributed by atoms with Gasteiger partial charge >= 0.3 is 0 Å². The molecule has 1 aliphatic rings. The average Bonchev–Trinajstić information content (AvgIpc) is 3.86. The van der Waals surface area contributed by atoms with Crippen molar-refractivity contribution >= 4 is 34.7 Å². The summed E-state index contributed by atoms with van der Waals surface area (Å²) in [6.45, 7) is 16.8. The Hall–Kier alpha value is -2.99. The Morgan fingerprint density at radius 1 is 0.946 bits per heavy atom. The van der Waals surface area contributed by atoms with Crippen molar-refractivity contribution in [1.29, 1.82) is 0 Å². The fourth-order valence-electron chi connectivity index (χ4n) is 8.94. The van der Waals surface area contributed by atoms with Crippen LogP contribution in [0.5, 0.6) is 0 Å². The highest BCUT2D eigenvalue weighted by Gasteiger charge is 2.44. The van der Waals surface area contributed by atoms with Gasteiger partial charge in [-0.1, -0.05) is 92.1 Å². The summed E-state index contributed by atoms with van der Waals surface area (Å²) in [7, 11) is 8.86. The molecule has 0 aliphatic carbocycles. The first-order valence-electron chi connectivity index (χ1n) is 20.6. The maximum absolute atomic E-state index is 14.5. The van der Waals surface area contributed by atoms with E-state index in [1.807, 2.05) is 89.0 Å². The number of nitrogens with zero attached hydrogens (tertiary/aromatic N) is 4. The van der Waals surface area contributed by atoms with Crippen LogP contribution in [0.25, 0.3) is 0 Å². The van der Waals surface area contributed by atoms with Crippen LogP contribution in [0.15, 0.2) is 41.9 Å². The number of aromatic nitrogens is 1. The van der Waals surface area contributed by atoms with Gasteiger partial charge in [-0.15, -0.1) is 11.3 Å². The second kappa shape index (κ2) is 21.7. The Morgan fingerprint density at radius 2 is 1.61 bits per heavy atom. The molecular weight excluding hydrogens is 725 g/mol. The highest BCUT2D eigenvalue weighted by molar-refractivity contribution is 7.09. The maximum Gasteiger partial charge on any atom is 0.226 e. The third-order valence-corrected chi connectivity index (χ3v) is 13.1. The molecule has 2 heterocycles. The quantitative estimate of drug-likeness (QED) is 0.120. The van der Waals surface area contributed by atoms with Crippen molar-refractivity contribution in [2.45, 2.75) is 137 Å². The van der Waals surface area contributed by atoms with E-state index in [4.69, 9.17) is 9.47 Å². The summed E-state index contributed by atoms with van der Waals surface area (Å²) in [6, 6.07) is 9.23. The smallest absolute Gasteiger partial charge is 0.226 e. The average molecular weight is 797 g/mol. The zero-order valence-electron chi connectivity index (χ0n) is 36.6. The summed E-state index contributed by atoms with van der Waals surface area (Å²) in [5.41, 5.74) is 0.687. The number of carbonyl (C=O) groups excluding carboxylic acids is 4. The molecule has 1 aromatic carbocycles. The normalized spacial score (nSPS) is 19.3. The van der Waals surface area contributed by atoms with Gasteiger partial charge in [0.1, 0.15) is 5.78 Å². The van der Waals surface area contributed by atoms with Crippen molar-refractivity contribution < 1.29 is 28.7 Å². The number of carbonyl (C=O) groups is 4. The van der Waals surface area contributed by atoms with Crippen molar-refractivity contribution in [2.75, 3.05) is 41.9 Å². The minimum Gasteiger partial charge on any atom is -0.379 e. The fraction of sp³-hybridized carbons (Fsp3) is 0.711. The number of methoxy groups -OCH3 is 2. The van der Waals surface area contributed by atoms with E-state index in [0.717, 1.165) is 29.8 Å². The van der Waals surface area contributed by atoms with Gasteiger partial charge in [0.25, 0.3) is 0 Å². The summed E-state index contributed by atoms with van der Waals surface area (Å²) in [6.07, 6.45) is 4.32. The van der Waals surface area contributed by atoms with Gasteiger partial charge in [-0.25, -0.2) is 4.98 Å². The molecule has 56 heavy (non-hydrogen) atoms. The van der Waals surface area contributed by atoms with Gasteiger partial charge in [0, 0.05) is 70.0 Å². The summed E-state index contributed by atoms with van der Waals surface area (Å²) in [4.78, 5) is 66.8. The van der Waals surface area contributed by atoms with Gasteiger partial charge in [0.2, 0.25) is 11.8 Å². The standard InChI is InChI=1S/C45H72N4O6S/c1-14-30(4)41(48(11)44(53)34(45(6,7)8)27-37(51)40(29(2)3)47(9)10)38(54-12)28-39(52)49-23-18-21-35(49)42(55-13)31(5)36(50)26-33(43-46-22-24-56-43)25-32-19-16-15-17-20-32/h15-17,19-20,22,24,29-31,33-35,38,40-42H,14,18,21,23,25-28H2,1-13H3/t30-,31-,33?,34+,35-,38+,40-,41-,42+/m0/s1. The number of hydrogen-bond acceptors (Lipinski definition) is 9. The SMILES string of the molecule is CC[C@H](C)[C@@H]([C@@H](CC(=O)N1CCC[C@H]1[C@H](OC)[C@@H](C)C(=O)CC(Cc1ccccc1)c1nccs1)OC)N(C)C(=O)[C@@H](CC(=O)[C@H](C(C)C)N(C)C)C(C)(C)C. The molecule has 1 aromatic heterocycles. The predicted molar refractivity (Wildman–Crippen MR) is 226 cm³/mol. The molecular formula is C45H72N4O6S. The molecule has 314 valence electrons. The van der Waals surface area contributed by atoms with Crippen LogP contribution in [-0.4, -0.2) is 115 Å². The largest absolute Gasteiger partial charge is 0.379 e. The van der Waals surface area contributed by atoms with Crippen molar-refractivity contribution in [1.82, 2.24) is 19.7 Å². The lowest BCUT2D eigenvalue weighted by Crippen LogP contribution is -2.55. The molecule has 1 unspecified atom stereocenters. The highest BCUT2D eigenvalue weighted by atomic mass is 32.1. The summed E-state index contributed by atoms with van der Waals surface area (Å²) in [5.74, 6) is -0.947. The van der Waals surface area contributed by atoms with E-state index in [1.54, 1.807) is 43.7 Å². The zero-order valence-corrected chi connectivity index (χ0v) is 37.4. The Kier molecular flexibility index (Phi) is 18.3. The van der Waals surface area contributed by atoms with E-state index >= 15 is 0 Å². The summed E-state index contributed by atoms with van der Waals surface area (Å²) >= 11 is 1.57. The van der Waals surface area contributed by atoms with Crippen molar-refractivity contribution in [2.24, 2.45) is 29.1 Å². The van der Waals surface area contributed by atoms with E-state index in [2.05, 4.69) is 31.0 Å². The van der Waals surface area contributed by atoms with E-state index in [0.29, 0.717) is 19.4 Å². The Balaban J connectivity index is 1.81. The second-order valence-electron chi connectivity index (χ2n) is 17.8. The van der Waals surface area contributed by atoms with Gasteiger partial charge in [0.15, 0.2) is 5.78 Å². The number of Topliss-reactive ketones (excluding diaryl/α,β-unsaturated/α-hetero) is 2. The lowest BCUT2D eigenvalue weighted by atomic mass is 9.75. The molecule has 1 saturated heterocycles. The summed E-state index contributed by atoms with van der Waals surface area (Å²) < 4.78 is 12.2. The number of ether oxygens (including phenoxy) is 2. The number of benzene rings is 1. The number of likely N-dealkylation sites (N-methyl/N-ethyl adjacent to an activating group) is 2. The molecule has 11 heteroatoms. The second-order valence-corrected chi connectivity index (χ2v) is 18.7. The minimum atomic E-state index is -0.578. The van der Waals surface area contributed by atoms with Crippen LogP contribution < -0.4 is 0 Å². The third-order valence-electron chi connectivity index (χ3n) is 12.2. The van der Waals surface area contributed by atoms with Crippen molar-refractivity contribution in [3.8, 4) is 0 Å². The first-order valence-corrected chi connectivity index (χ1v) is 21.5. The van der Waals surface area contributed by atoms with Gasteiger partial charge in [-0.3, -0.25) is 24.1 Å². The molecule has 0 bridgehead atoms. The summed E-state index contributed by atoms with van der Waals surface area (Å²) in [5, 5.41) is 2.89. The molecule has 0 spiro atoms.